The van der Waals surface area contributed by atoms with Gasteiger partial charge in [0, 0.05) is 22.5 Å². The Labute approximate surface area is 137 Å². The van der Waals surface area contributed by atoms with Crippen LogP contribution in [-0.2, 0) is 0 Å². The lowest BCUT2D eigenvalue weighted by molar-refractivity contribution is 0.356. The van der Waals surface area contributed by atoms with Crippen LogP contribution in [-0.4, -0.2) is 34.4 Å². The van der Waals surface area contributed by atoms with Gasteiger partial charge in [-0.25, -0.2) is 9.97 Å². The van der Waals surface area contributed by atoms with Crippen LogP contribution in [0.4, 0.5) is 11.5 Å². The van der Waals surface area contributed by atoms with Crippen molar-refractivity contribution >= 4 is 33.3 Å². The Morgan fingerprint density at radius 2 is 1.83 bits per heavy atom. The van der Waals surface area contributed by atoms with Gasteiger partial charge in [0.05, 0.1) is 31.4 Å². The lowest BCUT2D eigenvalue weighted by Gasteiger charge is -2.12. The van der Waals surface area contributed by atoms with Gasteiger partial charge in [-0.15, -0.1) is 0 Å². The van der Waals surface area contributed by atoms with Crippen LogP contribution in [0.15, 0.2) is 42.9 Å². The zero-order chi connectivity index (χ0) is 16.5. The van der Waals surface area contributed by atoms with Crippen molar-refractivity contribution in [3.63, 3.8) is 0 Å². The van der Waals surface area contributed by atoms with Gasteiger partial charge in [-0.2, -0.15) is 5.10 Å². The Hall–Kier alpha value is -3.35. The number of methoxy groups -OCH3 is 2. The van der Waals surface area contributed by atoms with Gasteiger partial charge < -0.3 is 14.8 Å². The molecule has 0 bridgehead atoms. The minimum absolute atomic E-state index is 0.633. The number of benzene rings is 2. The van der Waals surface area contributed by atoms with Gasteiger partial charge in [-0.05, 0) is 24.3 Å². The van der Waals surface area contributed by atoms with E-state index in [1.807, 2.05) is 30.3 Å². The summed E-state index contributed by atoms with van der Waals surface area (Å²) in [6, 6.07) is 9.65. The summed E-state index contributed by atoms with van der Waals surface area (Å²) in [5.41, 5.74) is 2.67. The van der Waals surface area contributed by atoms with E-state index < -0.39 is 0 Å². The molecule has 0 unspecified atom stereocenters. The smallest absolute Gasteiger partial charge is 0.162 e. The molecule has 2 aromatic heterocycles. The fourth-order valence-electron chi connectivity index (χ4n) is 2.64. The van der Waals surface area contributed by atoms with Crippen molar-refractivity contribution in [2.24, 2.45) is 0 Å². The summed E-state index contributed by atoms with van der Waals surface area (Å²) in [6.07, 6.45) is 3.31. The van der Waals surface area contributed by atoms with Crippen molar-refractivity contribution in [2.45, 2.75) is 0 Å². The second kappa shape index (κ2) is 5.69. The molecule has 24 heavy (non-hydrogen) atoms. The van der Waals surface area contributed by atoms with Crippen LogP contribution in [0.3, 0.4) is 0 Å². The number of ether oxygens (including phenoxy) is 2. The fourth-order valence-corrected chi connectivity index (χ4v) is 2.64. The van der Waals surface area contributed by atoms with Gasteiger partial charge in [-0.3, -0.25) is 5.10 Å². The fraction of sp³-hybridized carbons (Fsp3) is 0.118. The first-order chi connectivity index (χ1) is 11.8. The Bertz CT molecular complexity index is 1030. The molecule has 0 radical (unpaired) electrons. The summed E-state index contributed by atoms with van der Waals surface area (Å²) in [4.78, 5) is 8.67. The molecule has 4 rings (SSSR count). The van der Waals surface area contributed by atoms with E-state index in [-0.39, 0.29) is 0 Å². The molecule has 2 aromatic carbocycles. The third kappa shape index (κ3) is 2.36. The SMILES string of the molecule is COc1cc2ncnc(Nc3ccc4[nH]ncc4c3)c2cc1OC. The quantitative estimate of drug-likeness (QED) is 0.600. The Morgan fingerprint density at radius 3 is 2.67 bits per heavy atom. The van der Waals surface area contributed by atoms with E-state index in [1.165, 1.54) is 6.33 Å². The molecule has 0 atom stereocenters. The van der Waals surface area contributed by atoms with Gasteiger partial charge >= 0.3 is 0 Å². The second-order valence-electron chi connectivity index (χ2n) is 5.24. The average Bonchev–Trinajstić information content (AvgIpc) is 3.08. The molecule has 2 heterocycles. The number of nitrogens with zero attached hydrogens (tertiary/aromatic N) is 3. The molecule has 7 nitrogen and oxygen atoms in total. The number of aromatic amines is 1. The van der Waals surface area contributed by atoms with Crippen LogP contribution in [0.2, 0.25) is 0 Å². The van der Waals surface area contributed by atoms with Crippen LogP contribution in [0.5, 0.6) is 11.5 Å². The predicted molar refractivity (Wildman–Crippen MR) is 92.0 cm³/mol. The van der Waals surface area contributed by atoms with Gasteiger partial charge in [-0.1, -0.05) is 0 Å². The van der Waals surface area contributed by atoms with E-state index in [0.717, 1.165) is 27.5 Å². The molecule has 0 aliphatic carbocycles. The minimum Gasteiger partial charge on any atom is -0.493 e. The first-order valence-electron chi connectivity index (χ1n) is 7.35. The number of anilines is 2. The lowest BCUT2D eigenvalue weighted by atomic mass is 10.2. The molecule has 2 N–H and O–H groups in total. The van der Waals surface area contributed by atoms with Crippen LogP contribution >= 0.6 is 0 Å². The molecular weight excluding hydrogens is 306 g/mol. The van der Waals surface area contributed by atoms with Crippen LogP contribution in [0.1, 0.15) is 0 Å². The molecule has 0 saturated carbocycles. The molecular formula is C17H15N5O2. The van der Waals surface area contributed by atoms with Gasteiger partial charge in [0.25, 0.3) is 0 Å². The Balaban J connectivity index is 1.80. The minimum atomic E-state index is 0.633. The standard InChI is InChI=1S/C17H15N5O2/c1-23-15-6-12-14(7-16(15)24-2)18-9-19-17(12)21-11-3-4-13-10(5-11)8-20-22-13/h3-9H,1-2H3,(H,20,22)(H,18,19,21). The Kier molecular flexibility index (Phi) is 3.38. The van der Waals surface area contributed by atoms with Gasteiger partial charge in [0.1, 0.15) is 12.1 Å². The molecule has 0 aliphatic heterocycles. The van der Waals surface area contributed by atoms with Crippen molar-refractivity contribution in [1.29, 1.82) is 0 Å². The van der Waals surface area contributed by atoms with E-state index in [9.17, 15) is 0 Å². The number of hydrogen-bond acceptors (Lipinski definition) is 6. The van der Waals surface area contributed by atoms with Crippen LogP contribution < -0.4 is 14.8 Å². The highest BCUT2D eigenvalue weighted by molar-refractivity contribution is 5.93. The summed E-state index contributed by atoms with van der Waals surface area (Å²) in [7, 11) is 3.21. The van der Waals surface area contributed by atoms with Crippen molar-refractivity contribution < 1.29 is 9.47 Å². The predicted octanol–water partition coefficient (Wildman–Crippen LogP) is 3.27. The maximum absolute atomic E-state index is 5.38. The number of rotatable bonds is 4. The third-order valence-corrected chi connectivity index (χ3v) is 3.84. The molecule has 0 spiro atoms. The monoisotopic (exact) mass is 321 g/mol. The molecule has 0 fully saturated rings. The van der Waals surface area contributed by atoms with Crippen molar-refractivity contribution in [3.05, 3.63) is 42.9 Å². The summed E-state index contributed by atoms with van der Waals surface area (Å²) >= 11 is 0. The van der Waals surface area contributed by atoms with E-state index in [4.69, 9.17) is 9.47 Å². The molecule has 7 heteroatoms. The lowest BCUT2D eigenvalue weighted by Crippen LogP contribution is -1.98. The molecule has 0 aliphatic rings. The van der Waals surface area contributed by atoms with Crippen LogP contribution in [0.25, 0.3) is 21.8 Å². The van der Waals surface area contributed by atoms with E-state index >= 15 is 0 Å². The Morgan fingerprint density at radius 1 is 1.00 bits per heavy atom. The van der Waals surface area contributed by atoms with E-state index in [2.05, 4.69) is 25.5 Å². The molecule has 4 aromatic rings. The first kappa shape index (κ1) is 14.3. The van der Waals surface area contributed by atoms with Gasteiger partial charge in [0.2, 0.25) is 0 Å². The van der Waals surface area contributed by atoms with Crippen molar-refractivity contribution in [2.75, 3.05) is 19.5 Å². The second-order valence-corrected chi connectivity index (χ2v) is 5.24. The van der Waals surface area contributed by atoms with E-state index in [0.29, 0.717) is 17.3 Å². The van der Waals surface area contributed by atoms with Gasteiger partial charge in [0.15, 0.2) is 11.5 Å². The average molecular weight is 321 g/mol. The maximum atomic E-state index is 5.38. The highest BCUT2D eigenvalue weighted by atomic mass is 16.5. The summed E-state index contributed by atoms with van der Waals surface area (Å²) in [6.45, 7) is 0. The zero-order valence-corrected chi connectivity index (χ0v) is 13.2. The first-order valence-corrected chi connectivity index (χ1v) is 7.35. The number of nitrogens with one attached hydrogen (secondary N) is 2. The van der Waals surface area contributed by atoms with Crippen LogP contribution in [0, 0.1) is 0 Å². The normalized spacial score (nSPS) is 10.9. The molecule has 0 saturated heterocycles. The van der Waals surface area contributed by atoms with E-state index in [1.54, 1.807) is 20.4 Å². The number of fused-ring (bicyclic) bond motifs is 2. The third-order valence-electron chi connectivity index (χ3n) is 3.84. The number of H-pyrrole nitrogens is 1. The summed E-state index contributed by atoms with van der Waals surface area (Å²) in [5, 5.41) is 12.2. The van der Waals surface area contributed by atoms with Crippen molar-refractivity contribution in [1.82, 2.24) is 20.2 Å². The molecule has 120 valence electrons. The summed E-state index contributed by atoms with van der Waals surface area (Å²) < 4.78 is 10.7. The van der Waals surface area contributed by atoms with Crippen molar-refractivity contribution in [3.8, 4) is 11.5 Å². The largest absolute Gasteiger partial charge is 0.493 e. The summed E-state index contributed by atoms with van der Waals surface area (Å²) in [5.74, 6) is 1.96. The number of hydrogen-bond donors (Lipinski definition) is 2. The number of aromatic nitrogens is 4. The highest BCUT2D eigenvalue weighted by Gasteiger charge is 2.11. The highest BCUT2D eigenvalue weighted by Crippen LogP contribution is 2.34. The maximum Gasteiger partial charge on any atom is 0.162 e. The topological polar surface area (TPSA) is 85.0 Å². The molecule has 0 amide bonds. The zero-order valence-electron chi connectivity index (χ0n) is 13.2.